The summed E-state index contributed by atoms with van der Waals surface area (Å²) in [6, 6.07) is 3.90. The number of carbonyl (C=O) groups is 1. The summed E-state index contributed by atoms with van der Waals surface area (Å²) in [5.41, 5.74) is 1.23. The van der Waals surface area contributed by atoms with Gasteiger partial charge in [0, 0.05) is 21.4 Å². The summed E-state index contributed by atoms with van der Waals surface area (Å²) in [5.74, 6) is 0.223. The van der Waals surface area contributed by atoms with Crippen molar-refractivity contribution in [3.63, 3.8) is 0 Å². The molecule has 0 saturated heterocycles. The zero-order chi connectivity index (χ0) is 15.6. The average molecular weight is 417 g/mol. The summed E-state index contributed by atoms with van der Waals surface area (Å²) in [6.45, 7) is 5.40. The number of hydrogen-bond acceptors (Lipinski definition) is 4. The van der Waals surface area contributed by atoms with Crippen LogP contribution in [0.15, 0.2) is 22.8 Å². The number of amides is 1. The van der Waals surface area contributed by atoms with Crippen LogP contribution < -0.4 is 5.32 Å². The molecule has 0 unspecified atom stereocenters. The Morgan fingerprint density at radius 1 is 1.38 bits per heavy atom. The molecule has 0 bridgehead atoms. The predicted molar refractivity (Wildman–Crippen MR) is 89.7 cm³/mol. The second kappa shape index (κ2) is 6.27. The van der Waals surface area contributed by atoms with Crippen LogP contribution in [0.1, 0.15) is 26.3 Å². The number of fused-ring (bicyclic) bond motifs is 1. The summed E-state index contributed by atoms with van der Waals surface area (Å²) in [4.78, 5) is 20.3. The van der Waals surface area contributed by atoms with Gasteiger partial charge in [0.15, 0.2) is 0 Å². The topological polar surface area (TPSA) is 64.1 Å². The number of rotatable bonds is 2. The highest BCUT2D eigenvalue weighted by Gasteiger charge is 2.17. The molecule has 21 heavy (non-hydrogen) atoms. The Hall–Kier alpha value is -1.21. The lowest BCUT2D eigenvalue weighted by Gasteiger charge is -2.19. The molecule has 1 aromatic heterocycles. The first-order valence-corrected chi connectivity index (χ1v) is 8.21. The molecule has 7 heteroatoms. The number of anilines is 1. The molecule has 0 atom stereocenters. The Balaban J connectivity index is 2.30. The van der Waals surface area contributed by atoms with Crippen molar-refractivity contribution in [1.29, 1.82) is 0 Å². The van der Waals surface area contributed by atoms with Gasteiger partial charge in [0.1, 0.15) is 5.60 Å². The normalized spacial score (nSPS) is 11.5. The molecular formula is C14H15Br2N3O2. The molecule has 0 spiro atoms. The molecule has 2 rings (SSSR count). The van der Waals surface area contributed by atoms with Crippen molar-refractivity contribution in [2.24, 2.45) is 0 Å². The molecule has 112 valence electrons. The molecule has 1 heterocycles. The zero-order valence-electron chi connectivity index (χ0n) is 11.9. The third-order valence-corrected chi connectivity index (χ3v) is 3.55. The fourth-order valence-corrected chi connectivity index (χ4v) is 2.69. The summed E-state index contributed by atoms with van der Waals surface area (Å²) >= 11 is 6.88. The van der Waals surface area contributed by atoms with Crippen molar-refractivity contribution in [2.75, 3.05) is 5.32 Å². The maximum absolute atomic E-state index is 11.7. The number of halogens is 2. The van der Waals surface area contributed by atoms with Gasteiger partial charge in [-0.2, -0.15) is 0 Å². The van der Waals surface area contributed by atoms with Crippen LogP contribution in [0, 0.1) is 0 Å². The van der Waals surface area contributed by atoms with Gasteiger partial charge < -0.3 is 4.74 Å². The van der Waals surface area contributed by atoms with Crippen molar-refractivity contribution in [3.05, 3.63) is 28.4 Å². The molecule has 0 saturated carbocycles. The van der Waals surface area contributed by atoms with E-state index in [4.69, 9.17) is 4.74 Å². The third kappa shape index (κ3) is 4.38. The van der Waals surface area contributed by atoms with E-state index in [1.54, 1.807) is 27.0 Å². The summed E-state index contributed by atoms with van der Waals surface area (Å²) in [6.07, 6.45) is 1.10. The van der Waals surface area contributed by atoms with Gasteiger partial charge in [0.2, 0.25) is 5.95 Å². The van der Waals surface area contributed by atoms with Crippen LogP contribution >= 0.6 is 31.9 Å². The highest BCUT2D eigenvalue weighted by molar-refractivity contribution is 9.10. The van der Waals surface area contributed by atoms with Crippen LogP contribution in [-0.4, -0.2) is 21.7 Å². The second-order valence-electron chi connectivity index (χ2n) is 5.46. The van der Waals surface area contributed by atoms with Gasteiger partial charge in [-0.1, -0.05) is 31.9 Å². The van der Waals surface area contributed by atoms with Crippen molar-refractivity contribution in [1.82, 2.24) is 9.97 Å². The van der Waals surface area contributed by atoms with Crippen LogP contribution in [-0.2, 0) is 10.1 Å². The first kappa shape index (κ1) is 16.2. The fraction of sp³-hybridized carbons (Fsp3) is 0.357. The maximum atomic E-state index is 11.7. The molecule has 5 nitrogen and oxygen atoms in total. The first-order chi connectivity index (χ1) is 9.78. The molecule has 0 fully saturated rings. The average Bonchev–Trinajstić information content (AvgIpc) is 2.35. The molecule has 0 aliphatic rings. The third-order valence-electron chi connectivity index (χ3n) is 2.48. The van der Waals surface area contributed by atoms with Gasteiger partial charge in [-0.15, -0.1) is 0 Å². The van der Waals surface area contributed by atoms with E-state index in [1.165, 1.54) is 0 Å². The molecule has 0 aliphatic heterocycles. The van der Waals surface area contributed by atoms with E-state index < -0.39 is 11.7 Å². The van der Waals surface area contributed by atoms with Crippen molar-refractivity contribution in [3.8, 4) is 0 Å². The maximum Gasteiger partial charge on any atom is 0.414 e. The number of nitrogens with one attached hydrogen (secondary N) is 1. The minimum atomic E-state index is -0.570. The van der Waals surface area contributed by atoms with E-state index in [0.29, 0.717) is 5.33 Å². The fourth-order valence-electron chi connectivity index (χ4n) is 1.74. The molecule has 0 radical (unpaired) electrons. The molecule has 1 N–H and O–H groups in total. The first-order valence-electron chi connectivity index (χ1n) is 6.29. The van der Waals surface area contributed by atoms with E-state index in [0.717, 1.165) is 20.9 Å². The highest BCUT2D eigenvalue weighted by Crippen LogP contribution is 2.25. The van der Waals surface area contributed by atoms with Gasteiger partial charge in [-0.25, -0.2) is 14.8 Å². The minimum absolute atomic E-state index is 0.223. The van der Waals surface area contributed by atoms with Crippen LogP contribution in [0.4, 0.5) is 10.7 Å². The van der Waals surface area contributed by atoms with Crippen LogP contribution in [0.3, 0.4) is 0 Å². The van der Waals surface area contributed by atoms with E-state index in [9.17, 15) is 4.79 Å². The molecule has 0 aliphatic carbocycles. The van der Waals surface area contributed by atoms with Crippen molar-refractivity contribution >= 4 is 54.8 Å². The van der Waals surface area contributed by atoms with E-state index in [2.05, 4.69) is 47.1 Å². The van der Waals surface area contributed by atoms with E-state index >= 15 is 0 Å². The standard InChI is InChI=1S/C14H15Br2N3O2/c1-14(2,3)21-13(20)19-12-17-7-9-5-10(16)4-8(6-15)11(9)18-12/h4-5,7H,6H2,1-3H3,(H,17,18,19,20). The SMILES string of the molecule is CC(C)(C)OC(=O)Nc1ncc2cc(Br)cc(CBr)c2n1. The summed E-state index contributed by atoms with van der Waals surface area (Å²) < 4.78 is 6.14. The van der Waals surface area contributed by atoms with E-state index in [-0.39, 0.29) is 5.95 Å². The van der Waals surface area contributed by atoms with Crippen LogP contribution in [0.5, 0.6) is 0 Å². The molecule has 1 amide bonds. The molecule has 2 aromatic rings. The molecule has 1 aromatic carbocycles. The van der Waals surface area contributed by atoms with Crippen molar-refractivity contribution < 1.29 is 9.53 Å². The van der Waals surface area contributed by atoms with E-state index in [1.807, 2.05) is 12.1 Å². The summed E-state index contributed by atoms with van der Waals surface area (Å²) in [7, 11) is 0. The Kier molecular flexibility index (Phi) is 4.83. The number of alkyl halides is 1. The number of hydrogen-bond donors (Lipinski definition) is 1. The van der Waals surface area contributed by atoms with Gasteiger partial charge in [-0.3, -0.25) is 5.32 Å². The van der Waals surface area contributed by atoms with Gasteiger partial charge in [0.05, 0.1) is 5.52 Å². The largest absolute Gasteiger partial charge is 0.444 e. The lowest BCUT2D eigenvalue weighted by Crippen LogP contribution is -2.27. The number of carbonyl (C=O) groups excluding carboxylic acids is 1. The lowest BCUT2D eigenvalue weighted by molar-refractivity contribution is 0.0634. The number of benzene rings is 1. The van der Waals surface area contributed by atoms with Gasteiger partial charge in [0.25, 0.3) is 0 Å². The zero-order valence-corrected chi connectivity index (χ0v) is 15.1. The quantitative estimate of drug-likeness (QED) is 0.724. The van der Waals surface area contributed by atoms with Crippen molar-refractivity contribution in [2.45, 2.75) is 31.7 Å². The number of aromatic nitrogens is 2. The number of nitrogens with zero attached hydrogens (tertiary/aromatic N) is 2. The Labute approximate surface area is 139 Å². The Morgan fingerprint density at radius 3 is 2.71 bits per heavy atom. The number of ether oxygens (including phenoxy) is 1. The smallest absolute Gasteiger partial charge is 0.414 e. The lowest BCUT2D eigenvalue weighted by atomic mass is 10.1. The Bertz CT molecular complexity index is 684. The molecular weight excluding hydrogens is 402 g/mol. The predicted octanol–water partition coefficient (Wildman–Crippen LogP) is 4.63. The minimum Gasteiger partial charge on any atom is -0.444 e. The van der Waals surface area contributed by atoms with Gasteiger partial charge >= 0.3 is 6.09 Å². The Morgan fingerprint density at radius 2 is 2.10 bits per heavy atom. The van der Waals surface area contributed by atoms with Crippen LogP contribution in [0.2, 0.25) is 0 Å². The van der Waals surface area contributed by atoms with Gasteiger partial charge in [-0.05, 0) is 38.5 Å². The monoisotopic (exact) mass is 415 g/mol. The highest BCUT2D eigenvalue weighted by atomic mass is 79.9. The summed E-state index contributed by atoms with van der Waals surface area (Å²) in [5, 5.41) is 4.10. The van der Waals surface area contributed by atoms with Crippen LogP contribution in [0.25, 0.3) is 10.9 Å². The second-order valence-corrected chi connectivity index (χ2v) is 6.93.